The van der Waals surface area contributed by atoms with Gasteiger partial charge in [0, 0.05) is 12.5 Å². The summed E-state index contributed by atoms with van der Waals surface area (Å²) in [6.07, 6.45) is 1.13. The van der Waals surface area contributed by atoms with Crippen LogP contribution in [0.3, 0.4) is 0 Å². The number of ether oxygens (including phenoxy) is 3. The minimum absolute atomic E-state index is 0.0657. The third-order valence-corrected chi connectivity index (χ3v) is 4.43. The molecule has 0 saturated carbocycles. The fourth-order valence-electron chi connectivity index (χ4n) is 3.46. The van der Waals surface area contributed by atoms with Gasteiger partial charge in [-0.1, -0.05) is 12.1 Å². The maximum atomic E-state index is 12.5. The number of carbonyl (C=O) groups excluding carboxylic acids is 3. The highest BCUT2D eigenvalue weighted by Crippen LogP contribution is 2.44. The van der Waals surface area contributed by atoms with Gasteiger partial charge in [-0.2, -0.15) is 0 Å². The van der Waals surface area contributed by atoms with Gasteiger partial charge in [0.1, 0.15) is 11.9 Å². The maximum absolute atomic E-state index is 12.5. The molecule has 0 unspecified atom stereocenters. The SMILES string of the molecule is COC(=O)C1=Cc2cccc(OC)c2[C@@H]2[C@@H](OC(C)=O)CC(=O)N2C1. The van der Waals surface area contributed by atoms with Crippen molar-refractivity contribution in [3.05, 3.63) is 34.9 Å². The number of benzene rings is 1. The predicted octanol–water partition coefficient (Wildman–Crippen LogP) is 1.47. The fourth-order valence-corrected chi connectivity index (χ4v) is 3.46. The summed E-state index contributed by atoms with van der Waals surface area (Å²) in [5.74, 6) is -0.578. The number of carbonyl (C=O) groups is 3. The molecule has 7 nitrogen and oxygen atoms in total. The quantitative estimate of drug-likeness (QED) is 0.772. The van der Waals surface area contributed by atoms with Crippen LogP contribution in [0.2, 0.25) is 0 Å². The van der Waals surface area contributed by atoms with Crippen LogP contribution in [0.15, 0.2) is 23.8 Å². The molecule has 0 aromatic heterocycles. The zero-order valence-corrected chi connectivity index (χ0v) is 14.3. The number of hydrogen-bond acceptors (Lipinski definition) is 6. The molecule has 3 rings (SSSR count). The zero-order valence-electron chi connectivity index (χ0n) is 14.3. The second kappa shape index (κ2) is 6.58. The average molecular weight is 345 g/mol. The molecule has 2 aliphatic heterocycles. The van der Waals surface area contributed by atoms with E-state index in [4.69, 9.17) is 14.2 Å². The van der Waals surface area contributed by atoms with Gasteiger partial charge >= 0.3 is 11.9 Å². The van der Waals surface area contributed by atoms with E-state index in [1.165, 1.54) is 21.1 Å². The third kappa shape index (κ3) is 2.97. The highest BCUT2D eigenvalue weighted by molar-refractivity contribution is 5.96. The lowest BCUT2D eigenvalue weighted by Crippen LogP contribution is -2.33. The summed E-state index contributed by atoms with van der Waals surface area (Å²) >= 11 is 0. The number of rotatable bonds is 3. The second-order valence-corrected chi connectivity index (χ2v) is 5.94. The fraction of sp³-hybridized carbons (Fsp3) is 0.389. The van der Waals surface area contributed by atoms with Gasteiger partial charge in [-0.05, 0) is 17.7 Å². The molecule has 0 N–H and O–H groups in total. The van der Waals surface area contributed by atoms with Crippen molar-refractivity contribution < 1.29 is 28.6 Å². The summed E-state index contributed by atoms with van der Waals surface area (Å²) in [7, 11) is 2.83. The minimum atomic E-state index is -0.634. The molecule has 0 radical (unpaired) electrons. The molecule has 132 valence electrons. The van der Waals surface area contributed by atoms with E-state index in [9.17, 15) is 14.4 Å². The normalized spacial score (nSPS) is 21.6. The average Bonchev–Trinajstić information content (AvgIpc) is 2.78. The van der Waals surface area contributed by atoms with Crippen molar-refractivity contribution in [3.8, 4) is 5.75 Å². The lowest BCUT2D eigenvalue weighted by molar-refractivity contribution is -0.147. The standard InChI is InChI=1S/C18H19NO6/c1-10(20)25-14-8-15(21)19-9-12(18(22)24-3)7-11-5-4-6-13(23-2)16(11)17(14)19/h4-7,14,17H,8-9H2,1-3H3/t14-,17-/m0/s1. The van der Waals surface area contributed by atoms with Gasteiger partial charge in [0.05, 0.1) is 38.8 Å². The number of nitrogens with zero attached hydrogens (tertiary/aromatic N) is 1. The van der Waals surface area contributed by atoms with E-state index in [-0.39, 0.29) is 18.9 Å². The van der Waals surface area contributed by atoms with Crippen molar-refractivity contribution >= 4 is 23.9 Å². The number of hydrogen-bond donors (Lipinski definition) is 0. The predicted molar refractivity (Wildman–Crippen MR) is 87.6 cm³/mol. The zero-order chi connectivity index (χ0) is 18.1. The van der Waals surface area contributed by atoms with Gasteiger partial charge in [0.2, 0.25) is 5.91 Å². The Balaban J connectivity index is 2.17. The van der Waals surface area contributed by atoms with E-state index in [0.29, 0.717) is 11.3 Å². The summed E-state index contributed by atoms with van der Waals surface area (Å²) in [6, 6.07) is 4.90. The summed E-state index contributed by atoms with van der Waals surface area (Å²) in [5, 5.41) is 0. The van der Waals surface area contributed by atoms with Crippen molar-refractivity contribution in [2.24, 2.45) is 0 Å². The molecule has 0 aliphatic carbocycles. The first-order valence-electron chi connectivity index (χ1n) is 7.88. The third-order valence-electron chi connectivity index (χ3n) is 4.43. The van der Waals surface area contributed by atoms with Gasteiger partial charge in [0.25, 0.3) is 0 Å². The van der Waals surface area contributed by atoms with Gasteiger partial charge < -0.3 is 19.1 Å². The Morgan fingerprint density at radius 2 is 2.00 bits per heavy atom. The number of methoxy groups -OCH3 is 2. The molecule has 1 fully saturated rings. The van der Waals surface area contributed by atoms with Gasteiger partial charge in [0.15, 0.2) is 0 Å². The maximum Gasteiger partial charge on any atom is 0.335 e. The van der Waals surface area contributed by atoms with E-state index >= 15 is 0 Å². The van der Waals surface area contributed by atoms with Crippen LogP contribution in [0.25, 0.3) is 6.08 Å². The highest BCUT2D eigenvalue weighted by atomic mass is 16.5. The molecular formula is C18H19NO6. The lowest BCUT2D eigenvalue weighted by Gasteiger charge is -2.28. The van der Waals surface area contributed by atoms with E-state index in [1.54, 1.807) is 23.1 Å². The number of esters is 2. The summed E-state index contributed by atoms with van der Waals surface area (Å²) in [4.78, 5) is 37.7. The van der Waals surface area contributed by atoms with Crippen molar-refractivity contribution in [1.82, 2.24) is 4.90 Å². The molecule has 25 heavy (non-hydrogen) atoms. The lowest BCUT2D eigenvalue weighted by atomic mass is 9.95. The summed E-state index contributed by atoms with van der Waals surface area (Å²) in [6.45, 7) is 1.40. The summed E-state index contributed by atoms with van der Waals surface area (Å²) < 4.78 is 15.7. The van der Waals surface area contributed by atoms with Crippen LogP contribution in [-0.2, 0) is 23.9 Å². The Morgan fingerprint density at radius 1 is 1.24 bits per heavy atom. The monoisotopic (exact) mass is 345 g/mol. The first kappa shape index (κ1) is 17.0. The molecule has 1 aromatic carbocycles. The van der Waals surface area contributed by atoms with Crippen molar-refractivity contribution in [3.63, 3.8) is 0 Å². The molecule has 0 bridgehead atoms. The number of fused-ring (bicyclic) bond motifs is 3. The van der Waals surface area contributed by atoms with Crippen LogP contribution in [0.1, 0.15) is 30.5 Å². The molecule has 7 heteroatoms. The van der Waals surface area contributed by atoms with Gasteiger partial charge in [-0.3, -0.25) is 9.59 Å². The van der Waals surface area contributed by atoms with Crippen LogP contribution in [0.5, 0.6) is 5.75 Å². The molecule has 2 atom stereocenters. The van der Waals surface area contributed by atoms with Crippen LogP contribution >= 0.6 is 0 Å². The van der Waals surface area contributed by atoms with E-state index in [0.717, 1.165) is 11.1 Å². The van der Waals surface area contributed by atoms with Crippen molar-refractivity contribution in [2.75, 3.05) is 20.8 Å². The van der Waals surface area contributed by atoms with Crippen LogP contribution in [0, 0.1) is 0 Å². The topological polar surface area (TPSA) is 82.1 Å². The second-order valence-electron chi connectivity index (χ2n) is 5.94. The Kier molecular flexibility index (Phi) is 4.48. The Bertz CT molecular complexity index is 769. The van der Waals surface area contributed by atoms with Crippen molar-refractivity contribution in [2.45, 2.75) is 25.5 Å². The highest BCUT2D eigenvalue weighted by Gasteiger charge is 2.46. The number of amides is 1. The molecule has 1 amide bonds. The molecule has 1 saturated heterocycles. The summed E-state index contributed by atoms with van der Waals surface area (Å²) in [5.41, 5.74) is 1.82. The molecule has 2 aliphatic rings. The molecule has 1 aromatic rings. The molecular weight excluding hydrogens is 326 g/mol. The Labute approximate surface area is 145 Å². The smallest absolute Gasteiger partial charge is 0.335 e. The molecule has 2 heterocycles. The van der Waals surface area contributed by atoms with Crippen molar-refractivity contribution in [1.29, 1.82) is 0 Å². The van der Waals surface area contributed by atoms with Crippen LogP contribution in [-0.4, -0.2) is 49.6 Å². The first-order valence-corrected chi connectivity index (χ1v) is 7.88. The van der Waals surface area contributed by atoms with E-state index in [2.05, 4.69) is 0 Å². The van der Waals surface area contributed by atoms with Crippen LogP contribution in [0.4, 0.5) is 0 Å². The first-order chi connectivity index (χ1) is 12.0. The Morgan fingerprint density at radius 3 is 2.64 bits per heavy atom. The Hall–Kier alpha value is -2.83. The molecule has 0 spiro atoms. The van der Waals surface area contributed by atoms with Gasteiger partial charge in [-0.25, -0.2) is 4.79 Å². The largest absolute Gasteiger partial charge is 0.496 e. The van der Waals surface area contributed by atoms with E-state index in [1.807, 2.05) is 6.07 Å². The van der Waals surface area contributed by atoms with E-state index < -0.39 is 24.1 Å². The minimum Gasteiger partial charge on any atom is -0.496 e. The van der Waals surface area contributed by atoms with Crippen LogP contribution < -0.4 is 4.74 Å². The van der Waals surface area contributed by atoms with Gasteiger partial charge in [-0.15, -0.1) is 0 Å².